The van der Waals surface area contributed by atoms with Gasteiger partial charge in [-0.3, -0.25) is 19.4 Å². The van der Waals surface area contributed by atoms with E-state index < -0.39 is 20.6 Å². The van der Waals surface area contributed by atoms with Crippen LogP contribution in [0.5, 0.6) is 0 Å². The zero-order chi connectivity index (χ0) is 16.8. The summed E-state index contributed by atoms with van der Waals surface area (Å²) in [5, 5.41) is 58.9. The molecule has 0 aromatic carbocycles. The molecule has 23 heavy (non-hydrogen) atoms. The molecule has 0 heterocycles. The van der Waals surface area contributed by atoms with Gasteiger partial charge in [-0.15, -0.1) is 0 Å². The number of carboxylic acids is 1. The van der Waals surface area contributed by atoms with Crippen LogP contribution >= 0.6 is 0 Å². The van der Waals surface area contributed by atoms with Crippen molar-refractivity contribution in [3.05, 3.63) is 0 Å². The summed E-state index contributed by atoms with van der Waals surface area (Å²) in [5.41, 5.74) is 0.392. The molecule has 0 aromatic heterocycles. The SMILES string of the molecule is CC(C)(C)CCCCCC(=O)O.[Co+2].[Co+2].[Co+2].[O-]B([O-])[O-].[O-]B([O-])[O-]. The maximum absolute atomic E-state index is 10.2. The van der Waals surface area contributed by atoms with E-state index in [-0.39, 0.29) is 50.3 Å². The zero-order valence-electron chi connectivity index (χ0n) is 13.0. The average molecular weight is 467 g/mol. The molecule has 0 unspecified atom stereocenters. The van der Waals surface area contributed by atoms with Gasteiger partial charge in [0.1, 0.15) is 0 Å². The van der Waals surface area contributed by atoms with Crippen LogP contribution in [0, 0.1) is 5.41 Å². The maximum atomic E-state index is 10.2. The van der Waals surface area contributed by atoms with E-state index in [0.29, 0.717) is 11.8 Å². The molecule has 0 aromatic rings. The van der Waals surface area contributed by atoms with E-state index in [1.165, 1.54) is 6.42 Å². The molecule has 0 spiro atoms. The Kier molecular flexibility index (Phi) is 42.7. The first-order chi connectivity index (χ1) is 8.88. The Labute approximate surface area is 169 Å². The first-order valence-corrected chi connectivity index (χ1v) is 6.05. The van der Waals surface area contributed by atoms with Crippen molar-refractivity contribution < 1.29 is 90.4 Å². The average Bonchev–Trinajstić information content (AvgIpc) is 2.12. The summed E-state index contributed by atoms with van der Waals surface area (Å²) in [6, 6.07) is 0. The monoisotopic (exact) mass is 467 g/mol. The quantitative estimate of drug-likeness (QED) is 0.310. The maximum Gasteiger partial charge on any atom is 2.00 e. The van der Waals surface area contributed by atoms with Crippen molar-refractivity contribution in [3.63, 3.8) is 0 Å². The minimum atomic E-state index is -2.92. The van der Waals surface area contributed by atoms with Gasteiger partial charge in [0.25, 0.3) is 0 Å². The van der Waals surface area contributed by atoms with E-state index in [0.717, 1.165) is 19.3 Å². The Bertz CT molecular complexity index is 219. The topological polar surface area (TPSA) is 176 Å². The van der Waals surface area contributed by atoms with Crippen LogP contribution in [0.4, 0.5) is 0 Å². The summed E-state index contributed by atoms with van der Waals surface area (Å²) >= 11 is 0. The molecule has 141 valence electrons. The van der Waals surface area contributed by atoms with Gasteiger partial charge in [0.05, 0.1) is 0 Å². The number of hydrogen-bond acceptors (Lipinski definition) is 7. The first kappa shape index (κ1) is 39.1. The van der Waals surface area contributed by atoms with Crippen LogP contribution in [-0.2, 0) is 55.1 Å². The Hall–Kier alpha value is 0.879. The summed E-state index contributed by atoms with van der Waals surface area (Å²) in [4.78, 5) is 10.2. The van der Waals surface area contributed by atoms with Crippen LogP contribution in [0.25, 0.3) is 0 Å². The van der Waals surface area contributed by atoms with Crippen molar-refractivity contribution in [2.45, 2.75) is 52.9 Å². The normalized spacial score (nSPS) is 8.39. The van der Waals surface area contributed by atoms with E-state index in [9.17, 15) is 4.79 Å². The molecule has 0 aliphatic heterocycles. The van der Waals surface area contributed by atoms with Gasteiger partial charge in [-0.2, -0.15) is 0 Å². The Morgan fingerprint density at radius 2 is 1.13 bits per heavy atom. The number of carbonyl (C=O) groups is 1. The van der Waals surface area contributed by atoms with Gasteiger partial charge in [0.2, 0.25) is 0 Å². The predicted octanol–water partition coefficient (Wildman–Crippen LogP) is -4.84. The zero-order valence-corrected chi connectivity index (χ0v) is 16.1. The molecule has 0 bridgehead atoms. The fraction of sp³-hybridized carbons (Fsp3) is 0.900. The summed E-state index contributed by atoms with van der Waals surface area (Å²) in [6.07, 6.45) is 4.53. The molecule has 0 aliphatic carbocycles. The molecule has 0 saturated heterocycles. The summed E-state index contributed by atoms with van der Waals surface area (Å²) < 4.78 is 0. The van der Waals surface area contributed by atoms with Crippen LogP contribution in [0.1, 0.15) is 52.9 Å². The molecule has 0 rings (SSSR count). The molecular formula is C10H20B2Co3O8. The molecule has 1 N–H and O–H groups in total. The Morgan fingerprint density at radius 3 is 1.35 bits per heavy atom. The second kappa shape index (κ2) is 25.1. The van der Waals surface area contributed by atoms with Crippen molar-refractivity contribution in [2.24, 2.45) is 5.41 Å². The predicted molar refractivity (Wildman–Crippen MR) is 61.7 cm³/mol. The van der Waals surface area contributed by atoms with E-state index in [2.05, 4.69) is 20.8 Å². The van der Waals surface area contributed by atoms with E-state index in [1.807, 2.05) is 0 Å². The van der Waals surface area contributed by atoms with E-state index >= 15 is 0 Å². The molecule has 0 aliphatic rings. The van der Waals surface area contributed by atoms with Gasteiger partial charge in [-0.05, 0) is 18.3 Å². The molecule has 0 fully saturated rings. The summed E-state index contributed by atoms with van der Waals surface area (Å²) in [6.45, 7) is 6.64. The third-order valence-electron chi connectivity index (χ3n) is 1.82. The fourth-order valence-electron chi connectivity index (χ4n) is 1.11. The van der Waals surface area contributed by atoms with Crippen molar-refractivity contribution in [1.82, 2.24) is 0 Å². The largest absolute Gasteiger partial charge is 2.00 e. The van der Waals surface area contributed by atoms with E-state index in [1.54, 1.807) is 0 Å². The summed E-state index contributed by atoms with van der Waals surface area (Å²) in [5.74, 6) is -0.675. The number of rotatable bonds is 5. The van der Waals surface area contributed by atoms with Crippen LogP contribution in [-0.4, -0.2) is 25.7 Å². The Balaban J connectivity index is -0.0000000559. The third kappa shape index (κ3) is 102. The van der Waals surface area contributed by atoms with Crippen LogP contribution < -0.4 is 30.1 Å². The second-order valence-corrected chi connectivity index (χ2v) is 5.09. The molecule has 0 atom stereocenters. The van der Waals surface area contributed by atoms with Gasteiger partial charge >= 0.3 is 56.3 Å². The van der Waals surface area contributed by atoms with Crippen LogP contribution in [0.15, 0.2) is 0 Å². The molecular weight excluding hydrogens is 447 g/mol. The Morgan fingerprint density at radius 1 is 0.826 bits per heavy atom. The molecule has 13 heteroatoms. The fourth-order valence-corrected chi connectivity index (χ4v) is 1.11. The second-order valence-electron chi connectivity index (χ2n) is 5.09. The van der Waals surface area contributed by atoms with Gasteiger partial charge < -0.3 is 35.3 Å². The molecule has 0 saturated carbocycles. The van der Waals surface area contributed by atoms with Gasteiger partial charge in [0.15, 0.2) is 0 Å². The number of hydrogen-bond donors (Lipinski definition) is 1. The molecule has 0 amide bonds. The minimum absolute atomic E-state index is 0. The molecule has 8 nitrogen and oxygen atoms in total. The third-order valence-corrected chi connectivity index (χ3v) is 1.82. The minimum Gasteiger partial charge on any atom is -0.907 e. The number of aliphatic carboxylic acids is 1. The van der Waals surface area contributed by atoms with Crippen molar-refractivity contribution in [3.8, 4) is 0 Å². The van der Waals surface area contributed by atoms with Crippen molar-refractivity contribution >= 4 is 20.6 Å². The van der Waals surface area contributed by atoms with Crippen LogP contribution in [0.2, 0.25) is 0 Å². The van der Waals surface area contributed by atoms with Gasteiger partial charge in [-0.25, -0.2) is 0 Å². The van der Waals surface area contributed by atoms with Crippen molar-refractivity contribution in [2.75, 3.05) is 0 Å². The summed E-state index contributed by atoms with van der Waals surface area (Å²) in [7, 11) is -5.83. The van der Waals surface area contributed by atoms with Gasteiger partial charge in [0, 0.05) is 6.42 Å². The van der Waals surface area contributed by atoms with E-state index in [4.69, 9.17) is 35.3 Å². The van der Waals surface area contributed by atoms with Gasteiger partial charge in [-0.1, -0.05) is 33.6 Å². The number of unbranched alkanes of at least 4 members (excludes halogenated alkanes) is 2. The number of carboxylic acid groups (broad SMARTS) is 1. The van der Waals surface area contributed by atoms with Crippen LogP contribution in [0.3, 0.4) is 0 Å². The molecule has 3 radical (unpaired) electrons. The smallest absolute Gasteiger partial charge is 0.907 e. The standard InChI is InChI=1S/C10H20O2.2BO3.3Co/c1-10(2,3)8-6-4-5-7-9(11)12;2*2-1(3)4;;;/h4-8H2,1-3H3,(H,11,12);;;;;/q;2*-3;3*+2. The van der Waals surface area contributed by atoms with Crippen molar-refractivity contribution in [1.29, 1.82) is 0 Å². The first-order valence-electron chi connectivity index (χ1n) is 6.05.